The van der Waals surface area contributed by atoms with E-state index in [4.69, 9.17) is 12.4 Å². The molecule has 1 saturated heterocycles. The number of aliphatic hydroxyl groups excluding tert-OH is 1. The average molecular weight is 708 g/mol. The summed E-state index contributed by atoms with van der Waals surface area (Å²) in [4.78, 5) is 68.6. The quantitative estimate of drug-likeness (QED) is 0.187. The van der Waals surface area contributed by atoms with Crippen LogP contribution in [0, 0.1) is 5.92 Å². The molecule has 1 aromatic carbocycles. The Kier molecular flexibility index (Phi) is 12.0. The number of nitrogens with zero attached hydrogens (tertiary/aromatic N) is 1. The van der Waals surface area contributed by atoms with Crippen LogP contribution in [0.2, 0.25) is 0 Å². The van der Waals surface area contributed by atoms with Crippen LogP contribution in [0.5, 0.6) is 0 Å². The number of carbonyl (C=O) groups excluding carboxylic acids is 5. The van der Waals surface area contributed by atoms with Gasteiger partial charge in [0.1, 0.15) is 11.7 Å². The molecule has 0 unspecified atom stereocenters. The monoisotopic (exact) mass is 708 g/mol. The number of hydrogen-bond acceptors (Lipinski definition) is 10. The third kappa shape index (κ3) is 8.97. The lowest BCUT2D eigenvalue weighted by Gasteiger charge is -2.39. The van der Waals surface area contributed by atoms with Crippen molar-refractivity contribution in [3.8, 4) is 11.3 Å². The number of rotatable bonds is 12. The molecule has 4 atom stereocenters. The predicted octanol–water partition coefficient (Wildman–Crippen LogP) is 1.52. The zero-order valence-electron chi connectivity index (χ0n) is 24.2. The Bertz CT molecular complexity index is 1330. The van der Waals surface area contributed by atoms with Gasteiger partial charge in [-0.05, 0) is 31.4 Å². The number of aliphatic hydroxyl groups is 1. The van der Waals surface area contributed by atoms with Gasteiger partial charge in [0.25, 0.3) is 11.9 Å². The Morgan fingerprint density at radius 2 is 1.79 bits per heavy atom. The number of pyridine rings is 1. The van der Waals surface area contributed by atoms with Gasteiger partial charge in [0.2, 0.25) is 11.8 Å². The maximum Gasteiger partial charge on any atom is 0.552 e. The zero-order chi connectivity index (χ0) is 31.7. The number of aromatic nitrogens is 1. The smallest absolute Gasteiger partial charge is 0.508 e. The number of carbonyl (C=O) groups is 5. The van der Waals surface area contributed by atoms with E-state index in [9.17, 15) is 29.1 Å². The maximum absolute atomic E-state index is 13.5. The topological polar surface area (TPSA) is 182 Å². The standard InChI is InChI=1S/C28H34BIN4O9/c1-16(2)13-21(29-41-23(37)15-28(43-29,27(40)42-30)14-22(36)31-4)33-26(39)24(17(3)35)34-25(38)20-12-8-11-19(32-20)18-9-6-5-7-10-18/h5-12,16-17,21,24,35H,13-15H2,1-4H3,(H,31,36)(H,33,39)(H,34,38)/t17-,21+,24+,28-/m1/s1. The van der Waals surface area contributed by atoms with Crippen molar-refractivity contribution in [1.29, 1.82) is 0 Å². The first-order valence-corrected chi connectivity index (χ1v) is 14.5. The first kappa shape index (κ1) is 33.9. The molecule has 2 heterocycles. The molecule has 3 amide bonds. The van der Waals surface area contributed by atoms with E-state index in [-0.39, 0.29) is 18.0 Å². The fourth-order valence-electron chi connectivity index (χ4n) is 4.54. The minimum Gasteiger partial charge on any atom is -0.508 e. The number of amides is 3. The van der Waals surface area contributed by atoms with E-state index >= 15 is 0 Å². The Hall–Kier alpha value is -3.57. The summed E-state index contributed by atoms with van der Waals surface area (Å²) >= 11 is 1.34. The molecule has 0 aliphatic carbocycles. The lowest BCUT2D eigenvalue weighted by Crippen LogP contribution is -2.63. The van der Waals surface area contributed by atoms with Crippen molar-refractivity contribution in [2.24, 2.45) is 5.92 Å². The van der Waals surface area contributed by atoms with Gasteiger partial charge >= 0.3 is 13.1 Å². The molecule has 4 N–H and O–H groups in total. The van der Waals surface area contributed by atoms with Crippen LogP contribution >= 0.6 is 23.0 Å². The first-order chi connectivity index (χ1) is 20.4. The maximum atomic E-state index is 13.5. The van der Waals surface area contributed by atoms with Crippen molar-refractivity contribution >= 4 is 59.8 Å². The average Bonchev–Trinajstić information content (AvgIpc) is 2.98. The zero-order valence-corrected chi connectivity index (χ0v) is 26.3. The largest absolute Gasteiger partial charge is 0.552 e. The molecule has 230 valence electrons. The summed E-state index contributed by atoms with van der Waals surface area (Å²) in [6.07, 6.45) is -2.24. The Morgan fingerprint density at radius 3 is 2.40 bits per heavy atom. The number of nitrogens with one attached hydrogen (secondary N) is 3. The summed E-state index contributed by atoms with van der Waals surface area (Å²) in [6.45, 7) is 5.03. The van der Waals surface area contributed by atoms with E-state index in [1.54, 1.807) is 12.1 Å². The van der Waals surface area contributed by atoms with E-state index < -0.39 is 73.3 Å². The lowest BCUT2D eigenvalue weighted by atomic mass is 9.70. The number of benzene rings is 1. The van der Waals surface area contributed by atoms with Crippen LogP contribution < -0.4 is 16.0 Å². The van der Waals surface area contributed by atoms with Gasteiger partial charge in [0.15, 0.2) is 28.6 Å². The van der Waals surface area contributed by atoms with Crippen molar-refractivity contribution < 1.29 is 41.5 Å². The molecule has 43 heavy (non-hydrogen) atoms. The van der Waals surface area contributed by atoms with Gasteiger partial charge in [0, 0.05) is 12.6 Å². The summed E-state index contributed by atoms with van der Waals surface area (Å²) < 4.78 is 16.1. The third-order valence-corrected chi connectivity index (χ3v) is 7.07. The molecular weight excluding hydrogens is 674 g/mol. The van der Waals surface area contributed by atoms with Crippen LogP contribution in [0.1, 0.15) is 50.5 Å². The van der Waals surface area contributed by atoms with Crippen molar-refractivity contribution in [3.63, 3.8) is 0 Å². The number of hydrogen-bond donors (Lipinski definition) is 4. The first-order valence-electron chi connectivity index (χ1n) is 13.6. The van der Waals surface area contributed by atoms with Crippen LogP contribution in [0.3, 0.4) is 0 Å². The van der Waals surface area contributed by atoms with Gasteiger partial charge in [-0.15, -0.1) is 0 Å². The van der Waals surface area contributed by atoms with Gasteiger partial charge in [-0.1, -0.05) is 50.2 Å². The summed E-state index contributed by atoms with van der Waals surface area (Å²) in [5.74, 6) is -4.98. The highest BCUT2D eigenvalue weighted by Crippen LogP contribution is 2.31. The van der Waals surface area contributed by atoms with Crippen molar-refractivity contribution in [3.05, 3.63) is 54.2 Å². The Balaban J connectivity index is 1.83. The second-order valence-electron chi connectivity index (χ2n) is 10.6. The van der Waals surface area contributed by atoms with E-state index in [1.165, 1.54) is 43.0 Å². The minimum absolute atomic E-state index is 0.0272. The molecule has 0 saturated carbocycles. The van der Waals surface area contributed by atoms with Crippen LogP contribution in [-0.4, -0.2) is 77.6 Å². The van der Waals surface area contributed by atoms with Gasteiger partial charge in [-0.25, -0.2) is 9.78 Å². The fraction of sp³-hybridized carbons (Fsp3) is 0.429. The van der Waals surface area contributed by atoms with Crippen LogP contribution in [-0.2, 0) is 31.6 Å². The molecule has 1 aliphatic rings. The molecule has 15 heteroatoms. The molecule has 1 fully saturated rings. The van der Waals surface area contributed by atoms with Gasteiger partial charge in [-0.2, -0.15) is 0 Å². The number of halogens is 1. The SMILES string of the molecule is CNC(=O)C[C@]1(C(=O)OI)CC(=O)OB([C@H](CC(C)C)NC(=O)[C@@H](NC(=O)c2cccc(-c3ccccc3)n2)[C@@H](C)O)O1. The molecule has 1 aliphatic heterocycles. The van der Waals surface area contributed by atoms with E-state index in [0.717, 1.165) is 5.56 Å². The molecule has 0 radical (unpaired) electrons. The van der Waals surface area contributed by atoms with Gasteiger partial charge in [0.05, 0.1) is 30.6 Å². The van der Waals surface area contributed by atoms with Crippen LogP contribution in [0.4, 0.5) is 0 Å². The predicted molar refractivity (Wildman–Crippen MR) is 163 cm³/mol. The Labute approximate surface area is 263 Å². The molecule has 2 aromatic rings. The molecule has 0 bridgehead atoms. The highest BCUT2D eigenvalue weighted by molar-refractivity contribution is 14.1. The highest BCUT2D eigenvalue weighted by Gasteiger charge is 2.55. The van der Waals surface area contributed by atoms with Gasteiger partial charge in [-0.3, -0.25) is 19.2 Å². The van der Waals surface area contributed by atoms with Crippen LogP contribution in [0.15, 0.2) is 48.5 Å². The van der Waals surface area contributed by atoms with Crippen molar-refractivity contribution in [2.45, 2.75) is 63.7 Å². The molecule has 3 rings (SSSR count). The molecular formula is C28H34BIN4O9. The lowest BCUT2D eigenvalue weighted by molar-refractivity contribution is -0.168. The third-order valence-electron chi connectivity index (χ3n) is 6.67. The summed E-state index contributed by atoms with van der Waals surface area (Å²) in [5.41, 5.74) is -0.627. The second-order valence-corrected chi connectivity index (χ2v) is 11.0. The molecule has 0 spiro atoms. The Morgan fingerprint density at radius 1 is 1.09 bits per heavy atom. The fourth-order valence-corrected chi connectivity index (χ4v) is 4.94. The van der Waals surface area contributed by atoms with E-state index in [1.807, 2.05) is 44.2 Å². The molecule has 13 nitrogen and oxygen atoms in total. The summed E-state index contributed by atoms with van der Waals surface area (Å²) in [5, 5.41) is 18.0. The normalized spacial score (nSPS) is 18.6. The molecule has 1 aromatic heterocycles. The van der Waals surface area contributed by atoms with Crippen LogP contribution in [0.25, 0.3) is 11.3 Å². The van der Waals surface area contributed by atoms with Crippen molar-refractivity contribution in [2.75, 3.05) is 7.05 Å². The second kappa shape index (κ2) is 15.2. The summed E-state index contributed by atoms with van der Waals surface area (Å²) in [6, 6.07) is 12.7. The van der Waals surface area contributed by atoms with E-state index in [2.05, 4.69) is 20.9 Å². The highest BCUT2D eigenvalue weighted by atomic mass is 127. The van der Waals surface area contributed by atoms with Gasteiger partial charge < -0.3 is 33.4 Å². The van der Waals surface area contributed by atoms with E-state index in [0.29, 0.717) is 5.69 Å². The van der Waals surface area contributed by atoms with Crippen molar-refractivity contribution in [1.82, 2.24) is 20.9 Å². The summed E-state index contributed by atoms with van der Waals surface area (Å²) in [7, 11) is -0.119. The minimum atomic E-state index is -1.99.